The van der Waals surface area contributed by atoms with Crippen molar-refractivity contribution in [2.75, 3.05) is 6.54 Å². The number of carbonyl (C=O) groups excluding carboxylic acids is 1. The molecule has 0 bridgehead atoms. The van der Waals surface area contributed by atoms with Crippen LogP contribution in [0.25, 0.3) is 9.88 Å². The first-order valence-corrected chi connectivity index (χ1v) is 9.02. The molecule has 0 spiro atoms. The number of hydrogen-bond acceptors (Lipinski definition) is 4. The minimum absolute atomic E-state index is 0.168. The molecular weight excluding hydrogens is 343 g/mol. The van der Waals surface area contributed by atoms with Gasteiger partial charge >= 0.3 is 0 Å². The van der Waals surface area contributed by atoms with Gasteiger partial charge in [0, 0.05) is 18.7 Å². The van der Waals surface area contributed by atoms with Gasteiger partial charge in [-0.3, -0.25) is 4.79 Å². The highest BCUT2D eigenvalue weighted by atomic mass is 32.1. The quantitative estimate of drug-likeness (QED) is 0.591. The molecule has 0 saturated carbocycles. The van der Waals surface area contributed by atoms with Crippen LogP contribution in [0.1, 0.15) is 15.2 Å². The molecule has 0 N–H and O–H groups in total. The first-order chi connectivity index (χ1) is 11.7. The van der Waals surface area contributed by atoms with Gasteiger partial charge in [-0.15, -0.1) is 29.3 Å². The topological polar surface area (TPSA) is 33.2 Å². The zero-order valence-electron chi connectivity index (χ0n) is 12.8. The number of hydrogen-bond donors (Lipinski definition) is 0. The Bertz CT molecular complexity index is 842. The van der Waals surface area contributed by atoms with E-state index in [1.165, 1.54) is 17.4 Å². The van der Waals surface area contributed by atoms with Crippen molar-refractivity contribution in [3.63, 3.8) is 0 Å². The summed E-state index contributed by atoms with van der Waals surface area (Å²) in [5.74, 6) is -0.485. The van der Waals surface area contributed by atoms with E-state index in [2.05, 4.69) is 11.6 Å². The Kier molecular flexibility index (Phi) is 5.17. The lowest BCUT2D eigenvalue weighted by atomic mass is 10.2. The molecule has 24 heavy (non-hydrogen) atoms. The Balaban J connectivity index is 1.82. The number of amides is 1. The minimum Gasteiger partial charge on any atom is -0.330 e. The van der Waals surface area contributed by atoms with Crippen LogP contribution in [0.5, 0.6) is 0 Å². The molecule has 0 aliphatic heterocycles. The zero-order chi connectivity index (χ0) is 16.9. The first kappa shape index (κ1) is 16.5. The summed E-state index contributed by atoms with van der Waals surface area (Å²) in [5.41, 5.74) is 0.482. The fraction of sp³-hybridized carbons (Fsp3) is 0.111. The average Bonchev–Trinajstić information content (AvgIpc) is 3.27. The molecule has 0 atom stereocenters. The number of rotatable bonds is 6. The summed E-state index contributed by atoms with van der Waals surface area (Å²) in [6.07, 6.45) is 3.22. The fourth-order valence-corrected chi connectivity index (χ4v) is 3.94. The normalized spacial score (nSPS) is 10.5. The van der Waals surface area contributed by atoms with E-state index < -0.39 is 0 Å². The van der Waals surface area contributed by atoms with E-state index in [4.69, 9.17) is 0 Å². The molecule has 0 fully saturated rings. The summed E-state index contributed by atoms with van der Waals surface area (Å²) in [5, 5.41) is 2.79. The third kappa shape index (κ3) is 3.60. The summed E-state index contributed by atoms with van der Waals surface area (Å²) >= 11 is 2.93. The van der Waals surface area contributed by atoms with E-state index in [1.54, 1.807) is 46.7 Å². The molecule has 3 aromatic rings. The molecule has 0 unspecified atom stereocenters. The molecule has 1 aromatic carbocycles. The molecule has 0 radical (unpaired) electrons. The summed E-state index contributed by atoms with van der Waals surface area (Å²) in [7, 11) is 0. The van der Waals surface area contributed by atoms with Crippen LogP contribution < -0.4 is 0 Å². The Morgan fingerprint density at radius 3 is 2.83 bits per heavy atom. The van der Waals surface area contributed by atoms with Crippen LogP contribution in [0.4, 0.5) is 4.39 Å². The van der Waals surface area contributed by atoms with Gasteiger partial charge in [0.1, 0.15) is 15.7 Å². The molecule has 0 aliphatic rings. The van der Waals surface area contributed by atoms with Crippen LogP contribution in [0.15, 0.2) is 60.6 Å². The van der Waals surface area contributed by atoms with Gasteiger partial charge in [0.2, 0.25) is 0 Å². The van der Waals surface area contributed by atoms with E-state index in [1.807, 2.05) is 17.5 Å². The maximum atomic E-state index is 13.9. The second kappa shape index (κ2) is 7.51. The van der Waals surface area contributed by atoms with E-state index in [0.29, 0.717) is 17.0 Å². The number of aromatic nitrogens is 1. The number of nitrogens with zero attached hydrogens (tertiary/aromatic N) is 2. The predicted octanol–water partition coefficient (Wildman–Crippen LogP) is 4.84. The van der Waals surface area contributed by atoms with Crippen molar-refractivity contribution in [2.24, 2.45) is 0 Å². The van der Waals surface area contributed by atoms with Crippen molar-refractivity contribution in [3.8, 4) is 9.88 Å². The van der Waals surface area contributed by atoms with Crippen LogP contribution in [0.3, 0.4) is 0 Å². The van der Waals surface area contributed by atoms with Crippen LogP contribution in [0.2, 0.25) is 0 Å². The molecule has 0 aliphatic carbocycles. The molecule has 2 heterocycles. The van der Waals surface area contributed by atoms with Crippen LogP contribution >= 0.6 is 22.7 Å². The van der Waals surface area contributed by atoms with Crippen molar-refractivity contribution >= 4 is 28.6 Å². The first-order valence-electron chi connectivity index (χ1n) is 7.32. The Labute approximate surface area is 147 Å². The van der Waals surface area contributed by atoms with Crippen molar-refractivity contribution in [1.82, 2.24) is 9.88 Å². The summed E-state index contributed by atoms with van der Waals surface area (Å²) in [6, 6.07) is 10.4. The standard InChI is InChI=1S/C18H15FN2OS2/c1-2-9-21(12-13-6-3-4-7-14(13)19)18(22)16-11-20-17(24-16)15-8-5-10-23-15/h2-8,10-11H,1,9,12H2. The summed E-state index contributed by atoms with van der Waals surface area (Å²) < 4.78 is 13.9. The monoisotopic (exact) mass is 358 g/mol. The third-order valence-electron chi connectivity index (χ3n) is 3.40. The van der Waals surface area contributed by atoms with Crippen molar-refractivity contribution in [1.29, 1.82) is 0 Å². The second-order valence-corrected chi connectivity index (χ2v) is 7.05. The second-order valence-electron chi connectivity index (χ2n) is 5.07. The van der Waals surface area contributed by atoms with E-state index >= 15 is 0 Å². The van der Waals surface area contributed by atoms with Crippen molar-refractivity contribution in [2.45, 2.75) is 6.54 Å². The lowest BCUT2D eigenvalue weighted by Crippen LogP contribution is -2.30. The van der Waals surface area contributed by atoms with E-state index in [-0.39, 0.29) is 18.3 Å². The molecule has 6 heteroatoms. The lowest BCUT2D eigenvalue weighted by molar-refractivity contribution is 0.0766. The smallest absolute Gasteiger partial charge is 0.266 e. The molecule has 3 nitrogen and oxygen atoms in total. The predicted molar refractivity (Wildman–Crippen MR) is 96.8 cm³/mol. The number of thiazole rings is 1. The zero-order valence-corrected chi connectivity index (χ0v) is 14.4. The van der Waals surface area contributed by atoms with E-state index in [0.717, 1.165) is 9.88 Å². The van der Waals surface area contributed by atoms with Gasteiger partial charge in [0.25, 0.3) is 5.91 Å². The van der Waals surface area contributed by atoms with Crippen LogP contribution in [-0.4, -0.2) is 22.3 Å². The molecule has 0 saturated heterocycles. The summed E-state index contributed by atoms with van der Waals surface area (Å²) in [4.78, 5) is 20.2. The van der Waals surface area contributed by atoms with Crippen molar-refractivity contribution in [3.05, 3.63) is 76.9 Å². The van der Waals surface area contributed by atoms with Crippen LogP contribution in [-0.2, 0) is 6.54 Å². The Morgan fingerprint density at radius 2 is 2.12 bits per heavy atom. The lowest BCUT2D eigenvalue weighted by Gasteiger charge is -2.20. The average molecular weight is 358 g/mol. The Morgan fingerprint density at radius 1 is 1.29 bits per heavy atom. The maximum Gasteiger partial charge on any atom is 0.266 e. The largest absolute Gasteiger partial charge is 0.330 e. The highest BCUT2D eigenvalue weighted by Crippen LogP contribution is 2.29. The highest BCUT2D eigenvalue weighted by molar-refractivity contribution is 7.21. The fourth-order valence-electron chi connectivity index (χ4n) is 2.25. The Hall–Kier alpha value is -2.31. The number of halogens is 1. The third-order valence-corrected chi connectivity index (χ3v) is 5.43. The van der Waals surface area contributed by atoms with E-state index in [9.17, 15) is 9.18 Å². The van der Waals surface area contributed by atoms with Gasteiger partial charge in [-0.25, -0.2) is 9.37 Å². The molecule has 2 aromatic heterocycles. The number of benzene rings is 1. The van der Waals surface area contributed by atoms with Gasteiger partial charge in [-0.1, -0.05) is 30.3 Å². The molecular formula is C18H15FN2OS2. The SMILES string of the molecule is C=CCN(Cc1ccccc1F)C(=O)c1cnc(-c2cccs2)s1. The van der Waals surface area contributed by atoms with Gasteiger partial charge < -0.3 is 4.90 Å². The van der Waals surface area contributed by atoms with Gasteiger partial charge in [0.15, 0.2) is 0 Å². The van der Waals surface area contributed by atoms with Gasteiger partial charge in [0.05, 0.1) is 11.1 Å². The van der Waals surface area contributed by atoms with Crippen LogP contribution in [0, 0.1) is 5.82 Å². The maximum absolute atomic E-state index is 13.9. The number of thiophene rings is 1. The molecule has 1 amide bonds. The molecule has 3 rings (SSSR count). The number of carbonyl (C=O) groups is 1. The summed E-state index contributed by atoms with van der Waals surface area (Å²) in [6.45, 7) is 4.23. The minimum atomic E-state index is -0.317. The van der Waals surface area contributed by atoms with Gasteiger partial charge in [-0.05, 0) is 17.5 Å². The van der Waals surface area contributed by atoms with Crippen molar-refractivity contribution < 1.29 is 9.18 Å². The molecule has 122 valence electrons. The van der Waals surface area contributed by atoms with Gasteiger partial charge in [-0.2, -0.15) is 0 Å². The highest BCUT2D eigenvalue weighted by Gasteiger charge is 2.19.